The van der Waals surface area contributed by atoms with E-state index in [0.717, 1.165) is 60.7 Å². The lowest BCUT2D eigenvalue weighted by atomic mass is 10.00. The van der Waals surface area contributed by atoms with Crippen LogP contribution in [0.1, 0.15) is 32.3 Å². The number of rotatable bonds is 7. The highest BCUT2D eigenvalue weighted by Crippen LogP contribution is 2.34. The molecule has 1 fully saturated rings. The Balaban J connectivity index is 2.11. The predicted octanol–water partition coefficient (Wildman–Crippen LogP) is 2.95. The molecule has 6 heteroatoms. The normalized spacial score (nSPS) is 15.7. The lowest BCUT2D eigenvalue weighted by Gasteiger charge is -2.33. The molecule has 0 radical (unpaired) electrons. The third-order valence-corrected chi connectivity index (χ3v) is 4.86. The molecule has 2 rings (SSSR count). The Morgan fingerprint density at radius 1 is 1.12 bits per heavy atom. The molecule has 1 aliphatic rings. The minimum Gasteiger partial charge on any atom is -0.496 e. The van der Waals surface area contributed by atoms with E-state index in [4.69, 9.17) is 19.2 Å². The van der Waals surface area contributed by atoms with E-state index in [1.54, 1.807) is 21.3 Å². The van der Waals surface area contributed by atoms with Gasteiger partial charge < -0.3 is 24.4 Å². The fourth-order valence-electron chi connectivity index (χ4n) is 3.24. The molecular formula is C20H33N3O3. The van der Waals surface area contributed by atoms with Crippen molar-refractivity contribution in [2.75, 3.05) is 47.5 Å². The molecule has 0 aliphatic carbocycles. The summed E-state index contributed by atoms with van der Waals surface area (Å²) < 4.78 is 16.4. The molecule has 1 aliphatic heterocycles. The van der Waals surface area contributed by atoms with Crippen molar-refractivity contribution in [3.8, 4) is 17.2 Å². The van der Waals surface area contributed by atoms with Crippen molar-refractivity contribution in [2.45, 2.75) is 33.1 Å². The molecule has 6 nitrogen and oxygen atoms in total. The Morgan fingerprint density at radius 2 is 1.73 bits per heavy atom. The van der Waals surface area contributed by atoms with Crippen LogP contribution in [-0.2, 0) is 6.42 Å². The number of nitrogens with zero attached hydrogens (tertiary/aromatic N) is 2. The highest BCUT2D eigenvalue weighted by atomic mass is 16.5. The first-order chi connectivity index (χ1) is 12.6. The maximum Gasteiger partial charge on any atom is 0.193 e. The third kappa shape index (κ3) is 5.19. The monoisotopic (exact) mass is 363 g/mol. The molecular weight excluding hydrogens is 330 g/mol. The SMILES string of the molecule is CCNC(=NCCc1c(OC)cc(OC)cc1OC)N1CCC(C)CC1. The summed E-state index contributed by atoms with van der Waals surface area (Å²) in [6, 6.07) is 3.78. The number of nitrogens with one attached hydrogen (secondary N) is 1. The maximum atomic E-state index is 5.53. The Hall–Kier alpha value is -2.11. The van der Waals surface area contributed by atoms with E-state index < -0.39 is 0 Å². The molecule has 0 atom stereocenters. The highest BCUT2D eigenvalue weighted by Gasteiger charge is 2.19. The summed E-state index contributed by atoms with van der Waals surface area (Å²) in [4.78, 5) is 7.21. The number of guanidine groups is 1. The van der Waals surface area contributed by atoms with Crippen LogP contribution in [0, 0.1) is 5.92 Å². The first-order valence-electron chi connectivity index (χ1n) is 9.45. The van der Waals surface area contributed by atoms with Crippen molar-refractivity contribution < 1.29 is 14.2 Å². The van der Waals surface area contributed by atoms with E-state index in [1.807, 2.05) is 12.1 Å². The van der Waals surface area contributed by atoms with Gasteiger partial charge in [-0.25, -0.2) is 0 Å². The molecule has 1 N–H and O–H groups in total. The Labute approximate surface area is 157 Å². The average molecular weight is 364 g/mol. The fourth-order valence-corrected chi connectivity index (χ4v) is 3.24. The van der Waals surface area contributed by atoms with Crippen molar-refractivity contribution in [3.05, 3.63) is 17.7 Å². The quantitative estimate of drug-likeness (QED) is 0.596. The number of methoxy groups -OCH3 is 3. The summed E-state index contributed by atoms with van der Waals surface area (Å²) >= 11 is 0. The van der Waals surface area contributed by atoms with Crippen LogP contribution in [0.5, 0.6) is 17.2 Å². The predicted molar refractivity (Wildman–Crippen MR) is 106 cm³/mol. The van der Waals surface area contributed by atoms with Crippen LogP contribution in [0.15, 0.2) is 17.1 Å². The second-order valence-electron chi connectivity index (χ2n) is 6.67. The minimum atomic E-state index is 0.674. The van der Waals surface area contributed by atoms with Gasteiger partial charge in [-0.3, -0.25) is 4.99 Å². The van der Waals surface area contributed by atoms with E-state index in [0.29, 0.717) is 6.54 Å². The van der Waals surface area contributed by atoms with E-state index >= 15 is 0 Å². The number of aliphatic imine (C=N–C) groups is 1. The largest absolute Gasteiger partial charge is 0.496 e. The maximum absolute atomic E-state index is 5.53. The number of ether oxygens (including phenoxy) is 3. The van der Waals surface area contributed by atoms with Crippen LogP contribution in [-0.4, -0.2) is 58.4 Å². The van der Waals surface area contributed by atoms with Crippen molar-refractivity contribution in [2.24, 2.45) is 10.9 Å². The van der Waals surface area contributed by atoms with Gasteiger partial charge in [0.25, 0.3) is 0 Å². The molecule has 0 unspecified atom stereocenters. The number of hydrogen-bond donors (Lipinski definition) is 1. The Kier molecular flexibility index (Phi) is 7.88. The summed E-state index contributed by atoms with van der Waals surface area (Å²) in [6.07, 6.45) is 3.20. The summed E-state index contributed by atoms with van der Waals surface area (Å²) in [5, 5.41) is 3.42. The van der Waals surface area contributed by atoms with Gasteiger partial charge >= 0.3 is 0 Å². The topological polar surface area (TPSA) is 55.3 Å². The Bertz CT molecular complexity index is 571. The van der Waals surface area contributed by atoms with Gasteiger partial charge in [0.2, 0.25) is 0 Å². The van der Waals surface area contributed by atoms with Gasteiger partial charge in [-0.1, -0.05) is 6.92 Å². The molecule has 1 saturated heterocycles. The molecule has 0 amide bonds. The second kappa shape index (κ2) is 10.1. The molecule has 0 spiro atoms. The highest BCUT2D eigenvalue weighted by molar-refractivity contribution is 5.80. The molecule has 26 heavy (non-hydrogen) atoms. The average Bonchev–Trinajstić information content (AvgIpc) is 2.67. The van der Waals surface area contributed by atoms with Gasteiger partial charge in [0.15, 0.2) is 5.96 Å². The first kappa shape index (κ1) is 20.2. The van der Waals surface area contributed by atoms with Gasteiger partial charge in [-0.2, -0.15) is 0 Å². The van der Waals surface area contributed by atoms with Crippen LogP contribution < -0.4 is 19.5 Å². The molecule has 1 aromatic carbocycles. The van der Waals surface area contributed by atoms with E-state index in [1.165, 1.54) is 12.8 Å². The van der Waals surface area contributed by atoms with Crippen molar-refractivity contribution in [1.82, 2.24) is 10.2 Å². The zero-order chi connectivity index (χ0) is 18.9. The lowest BCUT2D eigenvalue weighted by Crippen LogP contribution is -2.45. The molecule has 0 bridgehead atoms. The Morgan fingerprint density at radius 3 is 2.23 bits per heavy atom. The molecule has 146 valence electrons. The fraction of sp³-hybridized carbons (Fsp3) is 0.650. The van der Waals surface area contributed by atoms with Gasteiger partial charge in [-0.15, -0.1) is 0 Å². The number of hydrogen-bond acceptors (Lipinski definition) is 4. The van der Waals surface area contributed by atoms with Gasteiger partial charge in [-0.05, 0) is 32.1 Å². The van der Waals surface area contributed by atoms with Crippen LogP contribution in [0.3, 0.4) is 0 Å². The molecule has 0 aromatic heterocycles. The smallest absolute Gasteiger partial charge is 0.193 e. The van der Waals surface area contributed by atoms with Crippen LogP contribution in [0.2, 0.25) is 0 Å². The lowest BCUT2D eigenvalue weighted by molar-refractivity contribution is 0.273. The van der Waals surface area contributed by atoms with Gasteiger partial charge in [0.05, 0.1) is 21.3 Å². The zero-order valence-corrected chi connectivity index (χ0v) is 16.8. The number of piperidine rings is 1. The summed E-state index contributed by atoms with van der Waals surface area (Å²) in [5.41, 5.74) is 1.02. The minimum absolute atomic E-state index is 0.674. The van der Waals surface area contributed by atoms with E-state index in [-0.39, 0.29) is 0 Å². The first-order valence-corrected chi connectivity index (χ1v) is 9.45. The second-order valence-corrected chi connectivity index (χ2v) is 6.67. The molecule has 1 aromatic rings. The van der Waals surface area contributed by atoms with Crippen LogP contribution in [0.4, 0.5) is 0 Å². The summed E-state index contributed by atoms with van der Waals surface area (Å²) in [6.45, 7) is 8.12. The third-order valence-electron chi connectivity index (χ3n) is 4.86. The summed E-state index contributed by atoms with van der Waals surface area (Å²) in [5.74, 6) is 4.08. The van der Waals surface area contributed by atoms with Crippen LogP contribution in [0.25, 0.3) is 0 Å². The zero-order valence-electron chi connectivity index (χ0n) is 16.8. The van der Waals surface area contributed by atoms with Crippen molar-refractivity contribution in [1.29, 1.82) is 0 Å². The van der Waals surface area contributed by atoms with Crippen LogP contribution >= 0.6 is 0 Å². The van der Waals surface area contributed by atoms with Gasteiger partial charge in [0.1, 0.15) is 17.2 Å². The molecule has 1 heterocycles. The summed E-state index contributed by atoms with van der Waals surface area (Å²) in [7, 11) is 4.97. The van der Waals surface area contributed by atoms with Crippen molar-refractivity contribution >= 4 is 5.96 Å². The van der Waals surface area contributed by atoms with Crippen molar-refractivity contribution in [3.63, 3.8) is 0 Å². The van der Waals surface area contributed by atoms with E-state index in [2.05, 4.69) is 24.1 Å². The number of likely N-dealkylation sites (tertiary alicyclic amines) is 1. The van der Waals surface area contributed by atoms with Gasteiger partial charge in [0, 0.05) is 43.9 Å². The molecule has 0 saturated carbocycles. The standard InChI is InChI=1S/C20H33N3O3/c1-6-21-20(23-11-8-15(2)9-12-23)22-10-7-17-18(25-4)13-16(24-3)14-19(17)26-5/h13-15H,6-12H2,1-5H3,(H,21,22). The number of benzene rings is 1. The van der Waals surface area contributed by atoms with E-state index in [9.17, 15) is 0 Å².